The first kappa shape index (κ1) is 19.1. The van der Waals surface area contributed by atoms with Crippen molar-refractivity contribution < 1.29 is 31.8 Å². The fourth-order valence-electron chi connectivity index (χ4n) is 2.68. The number of hydrogen-bond donors (Lipinski definition) is 2. The number of carboxylic acids is 1. The van der Waals surface area contributed by atoms with Gasteiger partial charge < -0.3 is 14.7 Å². The summed E-state index contributed by atoms with van der Waals surface area (Å²) in [6.07, 6.45) is 0. The molecule has 0 bridgehead atoms. The molecular formula is C17H16F2N2O5S. The first-order valence-electron chi connectivity index (χ1n) is 7.96. The van der Waals surface area contributed by atoms with Crippen LogP contribution in [0, 0.1) is 11.6 Å². The van der Waals surface area contributed by atoms with Crippen LogP contribution in [0.25, 0.3) is 0 Å². The zero-order valence-electron chi connectivity index (χ0n) is 14.0. The van der Waals surface area contributed by atoms with E-state index in [1.807, 2.05) is 4.90 Å². The summed E-state index contributed by atoms with van der Waals surface area (Å²) in [7, 11) is -4.26. The summed E-state index contributed by atoms with van der Waals surface area (Å²) in [5.41, 5.74) is 0.381. The van der Waals surface area contributed by atoms with Gasteiger partial charge in [-0.25, -0.2) is 22.0 Å². The van der Waals surface area contributed by atoms with Gasteiger partial charge in [0, 0.05) is 13.1 Å². The lowest BCUT2D eigenvalue weighted by Gasteiger charge is -2.30. The molecule has 0 spiro atoms. The average molecular weight is 398 g/mol. The number of sulfonamides is 1. The normalized spacial score (nSPS) is 14.8. The monoisotopic (exact) mass is 398 g/mol. The van der Waals surface area contributed by atoms with E-state index in [4.69, 9.17) is 4.74 Å². The summed E-state index contributed by atoms with van der Waals surface area (Å²) >= 11 is 0. The van der Waals surface area contributed by atoms with Crippen molar-refractivity contribution in [2.75, 3.05) is 35.9 Å². The Kier molecular flexibility index (Phi) is 5.29. The molecule has 144 valence electrons. The lowest BCUT2D eigenvalue weighted by Crippen LogP contribution is -2.36. The van der Waals surface area contributed by atoms with Crippen LogP contribution in [0.5, 0.6) is 0 Å². The van der Waals surface area contributed by atoms with E-state index in [0.717, 1.165) is 6.07 Å². The summed E-state index contributed by atoms with van der Waals surface area (Å²) in [4.78, 5) is 12.6. The van der Waals surface area contributed by atoms with Gasteiger partial charge >= 0.3 is 5.97 Å². The molecule has 1 saturated heterocycles. The molecule has 0 atom stereocenters. The molecule has 0 unspecified atom stereocenters. The largest absolute Gasteiger partial charge is 0.478 e. The Morgan fingerprint density at radius 2 is 1.78 bits per heavy atom. The number of ether oxygens (including phenoxy) is 1. The third kappa shape index (κ3) is 4.17. The maximum atomic E-state index is 13.4. The Labute approximate surface area is 154 Å². The molecular weight excluding hydrogens is 382 g/mol. The van der Waals surface area contributed by atoms with Gasteiger partial charge in [-0.1, -0.05) is 0 Å². The molecule has 27 heavy (non-hydrogen) atoms. The number of nitrogens with one attached hydrogen (secondary N) is 1. The highest BCUT2D eigenvalue weighted by Crippen LogP contribution is 2.30. The lowest BCUT2D eigenvalue weighted by molar-refractivity contribution is 0.0697. The number of rotatable bonds is 5. The van der Waals surface area contributed by atoms with Crippen molar-refractivity contribution in [3.8, 4) is 0 Å². The number of carbonyl (C=O) groups is 1. The number of halogens is 2. The predicted octanol–water partition coefficient (Wildman–Crippen LogP) is 2.30. The van der Waals surface area contributed by atoms with Crippen LogP contribution >= 0.6 is 0 Å². The Morgan fingerprint density at radius 3 is 2.41 bits per heavy atom. The van der Waals surface area contributed by atoms with E-state index in [1.54, 1.807) is 0 Å². The molecule has 1 fully saturated rings. The molecule has 2 N–H and O–H groups in total. The van der Waals surface area contributed by atoms with Crippen molar-refractivity contribution in [1.82, 2.24) is 0 Å². The van der Waals surface area contributed by atoms with Gasteiger partial charge in [0.25, 0.3) is 10.0 Å². The van der Waals surface area contributed by atoms with E-state index >= 15 is 0 Å². The molecule has 7 nitrogen and oxygen atoms in total. The molecule has 1 heterocycles. The topological polar surface area (TPSA) is 95.9 Å². The molecule has 0 amide bonds. The van der Waals surface area contributed by atoms with Gasteiger partial charge in [-0.05, 0) is 36.4 Å². The fraction of sp³-hybridized carbons (Fsp3) is 0.235. The molecule has 1 aliphatic heterocycles. The van der Waals surface area contributed by atoms with E-state index in [2.05, 4.69) is 4.72 Å². The van der Waals surface area contributed by atoms with Gasteiger partial charge in [0.2, 0.25) is 0 Å². The molecule has 3 rings (SSSR count). The summed E-state index contributed by atoms with van der Waals surface area (Å²) in [5.74, 6) is -3.70. The quantitative estimate of drug-likeness (QED) is 0.803. The van der Waals surface area contributed by atoms with Crippen LogP contribution in [0.2, 0.25) is 0 Å². The fourth-order valence-corrected chi connectivity index (χ4v) is 3.76. The molecule has 0 radical (unpaired) electrons. The van der Waals surface area contributed by atoms with E-state index in [-0.39, 0.29) is 11.3 Å². The van der Waals surface area contributed by atoms with Crippen LogP contribution < -0.4 is 9.62 Å². The second-order valence-corrected chi connectivity index (χ2v) is 7.50. The van der Waals surface area contributed by atoms with Crippen molar-refractivity contribution in [3.05, 3.63) is 53.6 Å². The summed E-state index contributed by atoms with van der Waals surface area (Å²) in [5, 5.41) is 9.19. The van der Waals surface area contributed by atoms with Crippen LogP contribution in [0.1, 0.15) is 10.4 Å². The molecule has 2 aromatic rings. The molecule has 0 aromatic heterocycles. The van der Waals surface area contributed by atoms with Crippen molar-refractivity contribution >= 4 is 27.4 Å². The maximum Gasteiger partial charge on any atom is 0.335 e. The molecule has 0 saturated carbocycles. The second kappa shape index (κ2) is 7.49. The summed E-state index contributed by atoms with van der Waals surface area (Å²) in [6, 6.07) is 6.24. The third-order valence-corrected chi connectivity index (χ3v) is 5.40. The van der Waals surface area contributed by atoms with Crippen LogP contribution in [-0.4, -0.2) is 45.8 Å². The van der Waals surface area contributed by atoms with Gasteiger partial charge in [0.1, 0.15) is 0 Å². The van der Waals surface area contributed by atoms with Crippen LogP contribution in [0.3, 0.4) is 0 Å². The number of benzene rings is 2. The molecule has 10 heteroatoms. The summed E-state index contributed by atoms with van der Waals surface area (Å²) in [6.45, 7) is 1.87. The second-order valence-electron chi connectivity index (χ2n) is 5.82. The van der Waals surface area contributed by atoms with Crippen molar-refractivity contribution in [2.45, 2.75) is 4.90 Å². The Bertz CT molecular complexity index is 975. The van der Waals surface area contributed by atoms with Crippen molar-refractivity contribution in [3.63, 3.8) is 0 Å². The van der Waals surface area contributed by atoms with E-state index in [9.17, 15) is 27.1 Å². The van der Waals surface area contributed by atoms with Crippen LogP contribution in [-0.2, 0) is 14.8 Å². The average Bonchev–Trinajstić information content (AvgIpc) is 2.64. The third-order valence-electron chi connectivity index (χ3n) is 4.04. The molecule has 0 aliphatic carbocycles. The minimum atomic E-state index is -4.26. The number of morpholine rings is 1. The first-order chi connectivity index (χ1) is 12.8. The van der Waals surface area contributed by atoms with E-state index in [1.165, 1.54) is 18.2 Å². The van der Waals surface area contributed by atoms with Gasteiger partial charge in [-0.3, -0.25) is 4.72 Å². The molecule has 2 aromatic carbocycles. The standard InChI is InChI=1S/C17H16F2N2O5S/c18-13-3-2-12(10-14(13)19)27(24,25)20-15-9-11(17(22)23)1-4-16(15)21-5-7-26-8-6-21/h1-4,9-10,20H,5-8H2,(H,22,23). The Hall–Kier alpha value is -2.72. The zero-order valence-corrected chi connectivity index (χ0v) is 14.8. The minimum absolute atomic E-state index is 0.0292. The van der Waals surface area contributed by atoms with Crippen molar-refractivity contribution in [2.24, 2.45) is 0 Å². The summed E-state index contributed by atoms with van der Waals surface area (Å²) < 4.78 is 59.2. The first-order valence-corrected chi connectivity index (χ1v) is 9.44. The zero-order chi connectivity index (χ0) is 19.6. The highest BCUT2D eigenvalue weighted by molar-refractivity contribution is 7.92. The van der Waals surface area contributed by atoms with Gasteiger partial charge in [-0.15, -0.1) is 0 Å². The van der Waals surface area contributed by atoms with E-state index in [0.29, 0.717) is 44.1 Å². The minimum Gasteiger partial charge on any atom is -0.478 e. The van der Waals surface area contributed by atoms with Crippen molar-refractivity contribution in [1.29, 1.82) is 0 Å². The smallest absolute Gasteiger partial charge is 0.335 e. The SMILES string of the molecule is O=C(O)c1ccc(N2CCOCC2)c(NS(=O)(=O)c2ccc(F)c(F)c2)c1. The number of nitrogens with zero attached hydrogens (tertiary/aromatic N) is 1. The maximum absolute atomic E-state index is 13.4. The van der Waals surface area contributed by atoms with Crippen LogP contribution in [0.15, 0.2) is 41.3 Å². The highest BCUT2D eigenvalue weighted by atomic mass is 32.2. The Morgan fingerprint density at radius 1 is 1.07 bits per heavy atom. The molecule has 1 aliphatic rings. The predicted molar refractivity (Wildman–Crippen MR) is 93.6 cm³/mol. The number of carboxylic acid groups (broad SMARTS) is 1. The van der Waals surface area contributed by atoms with E-state index < -0.39 is 32.5 Å². The number of anilines is 2. The Balaban J connectivity index is 2.01. The highest BCUT2D eigenvalue weighted by Gasteiger charge is 2.22. The van der Waals surface area contributed by atoms with Gasteiger partial charge in [0.15, 0.2) is 11.6 Å². The lowest BCUT2D eigenvalue weighted by atomic mass is 10.1. The van der Waals surface area contributed by atoms with Gasteiger partial charge in [-0.2, -0.15) is 0 Å². The number of aromatic carboxylic acids is 1. The van der Waals surface area contributed by atoms with Gasteiger partial charge in [0.05, 0.1) is 35.0 Å². The number of hydrogen-bond acceptors (Lipinski definition) is 5. The van der Waals surface area contributed by atoms with Crippen LogP contribution in [0.4, 0.5) is 20.2 Å².